The summed E-state index contributed by atoms with van der Waals surface area (Å²) in [7, 11) is 0. The second-order valence-corrected chi connectivity index (χ2v) is 7.38. The van der Waals surface area contributed by atoms with Crippen LogP contribution in [0.1, 0.15) is 46.9 Å². The van der Waals surface area contributed by atoms with Crippen LogP contribution in [0.4, 0.5) is 13.2 Å². The van der Waals surface area contributed by atoms with E-state index in [9.17, 15) is 18.0 Å². The van der Waals surface area contributed by atoms with Gasteiger partial charge in [-0.25, -0.2) is 9.48 Å². The van der Waals surface area contributed by atoms with E-state index in [0.29, 0.717) is 17.4 Å². The number of hydrogen-bond acceptors (Lipinski definition) is 3. The van der Waals surface area contributed by atoms with Crippen LogP contribution in [0.2, 0.25) is 0 Å². The zero-order valence-electron chi connectivity index (χ0n) is 15.8. The van der Waals surface area contributed by atoms with Gasteiger partial charge in [0.15, 0.2) is 0 Å². The van der Waals surface area contributed by atoms with Crippen molar-refractivity contribution in [1.82, 2.24) is 9.78 Å². The standard InChI is InChI=1S/C22H19F3N2O3/c23-22(24,25)17-12-26-27(13-17)18-7-9-19(10-8-18)30-20(11-14-1-2-14)15-3-5-16(6-4-15)21(28)29/h3-10,12-14,20H,1-2,11H2,(H,28,29). The summed E-state index contributed by atoms with van der Waals surface area (Å²) in [5, 5.41) is 12.8. The van der Waals surface area contributed by atoms with Gasteiger partial charge in [-0.2, -0.15) is 18.3 Å². The molecule has 3 aromatic rings. The van der Waals surface area contributed by atoms with E-state index in [0.717, 1.165) is 37.2 Å². The number of carbonyl (C=O) groups is 1. The molecule has 5 nitrogen and oxygen atoms in total. The van der Waals surface area contributed by atoms with Gasteiger partial charge in [-0.15, -0.1) is 0 Å². The van der Waals surface area contributed by atoms with Crippen molar-refractivity contribution >= 4 is 5.97 Å². The number of hydrogen-bond donors (Lipinski definition) is 1. The van der Waals surface area contributed by atoms with Crippen molar-refractivity contribution in [2.24, 2.45) is 5.92 Å². The average Bonchev–Trinajstić information content (AvgIpc) is 3.38. The van der Waals surface area contributed by atoms with Crippen LogP contribution in [0, 0.1) is 5.92 Å². The van der Waals surface area contributed by atoms with E-state index in [4.69, 9.17) is 9.84 Å². The minimum absolute atomic E-state index is 0.214. The fourth-order valence-electron chi connectivity index (χ4n) is 3.20. The van der Waals surface area contributed by atoms with Gasteiger partial charge in [-0.1, -0.05) is 25.0 Å². The highest BCUT2D eigenvalue weighted by molar-refractivity contribution is 5.87. The number of nitrogens with zero attached hydrogens (tertiary/aromatic N) is 2. The Morgan fingerprint density at radius 3 is 2.33 bits per heavy atom. The zero-order valence-corrected chi connectivity index (χ0v) is 15.8. The van der Waals surface area contributed by atoms with Crippen molar-refractivity contribution in [2.75, 3.05) is 0 Å². The molecule has 1 aliphatic rings. The fourth-order valence-corrected chi connectivity index (χ4v) is 3.20. The first-order valence-electron chi connectivity index (χ1n) is 9.52. The smallest absolute Gasteiger partial charge is 0.419 e. The predicted octanol–water partition coefficient (Wildman–Crippen LogP) is 5.51. The van der Waals surface area contributed by atoms with Gasteiger partial charge in [-0.05, 0) is 54.3 Å². The molecule has 1 heterocycles. The molecule has 1 fully saturated rings. The van der Waals surface area contributed by atoms with E-state index in [1.807, 2.05) is 0 Å². The number of carboxylic acid groups (broad SMARTS) is 1. The van der Waals surface area contributed by atoms with Gasteiger partial charge < -0.3 is 9.84 Å². The van der Waals surface area contributed by atoms with Gasteiger partial charge in [0.1, 0.15) is 11.9 Å². The summed E-state index contributed by atoms with van der Waals surface area (Å²) < 4.78 is 45.6. The Labute approximate surface area is 170 Å². The average molecular weight is 416 g/mol. The molecule has 1 aliphatic carbocycles. The fraction of sp³-hybridized carbons (Fsp3) is 0.273. The van der Waals surface area contributed by atoms with Gasteiger partial charge in [-0.3, -0.25) is 0 Å². The quantitative estimate of drug-likeness (QED) is 0.552. The van der Waals surface area contributed by atoms with E-state index in [2.05, 4.69) is 5.10 Å². The van der Waals surface area contributed by atoms with Gasteiger partial charge in [0, 0.05) is 6.20 Å². The third kappa shape index (κ3) is 4.64. The highest BCUT2D eigenvalue weighted by Crippen LogP contribution is 2.39. The summed E-state index contributed by atoms with van der Waals surface area (Å²) in [6.07, 6.45) is 0.176. The summed E-state index contributed by atoms with van der Waals surface area (Å²) in [6, 6.07) is 13.3. The molecule has 156 valence electrons. The van der Waals surface area contributed by atoms with E-state index in [1.165, 1.54) is 4.68 Å². The van der Waals surface area contributed by atoms with E-state index < -0.39 is 17.7 Å². The Hall–Kier alpha value is -3.29. The number of ether oxygens (including phenoxy) is 1. The second kappa shape index (κ2) is 7.85. The minimum atomic E-state index is -4.44. The molecule has 0 radical (unpaired) electrons. The van der Waals surface area contributed by atoms with Crippen molar-refractivity contribution in [3.8, 4) is 11.4 Å². The van der Waals surface area contributed by atoms with Crippen molar-refractivity contribution in [2.45, 2.75) is 31.5 Å². The summed E-state index contributed by atoms with van der Waals surface area (Å²) in [5.74, 6) is 0.178. The number of halogens is 3. The van der Waals surface area contributed by atoms with E-state index in [-0.39, 0.29) is 11.7 Å². The molecule has 0 aliphatic heterocycles. The van der Waals surface area contributed by atoms with Gasteiger partial charge >= 0.3 is 12.1 Å². The monoisotopic (exact) mass is 416 g/mol. The van der Waals surface area contributed by atoms with Gasteiger partial charge in [0.05, 0.1) is 23.0 Å². The minimum Gasteiger partial charge on any atom is -0.486 e. The molecule has 1 atom stereocenters. The molecular weight excluding hydrogens is 397 g/mol. The third-order valence-electron chi connectivity index (χ3n) is 5.06. The first-order chi connectivity index (χ1) is 14.3. The van der Waals surface area contributed by atoms with E-state index >= 15 is 0 Å². The third-order valence-corrected chi connectivity index (χ3v) is 5.06. The number of benzene rings is 2. The summed E-state index contributed by atoms with van der Waals surface area (Å²) in [5.41, 5.74) is 0.781. The molecule has 0 spiro atoms. The highest BCUT2D eigenvalue weighted by atomic mass is 19.4. The lowest BCUT2D eigenvalue weighted by atomic mass is 10.0. The summed E-state index contributed by atoms with van der Waals surface area (Å²) >= 11 is 0. The van der Waals surface area contributed by atoms with Crippen molar-refractivity contribution in [3.05, 3.63) is 77.6 Å². The highest BCUT2D eigenvalue weighted by Gasteiger charge is 2.32. The van der Waals surface area contributed by atoms with Crippen LogP contribution in [-0.4, -0.2) is 20.9 Å². The maximum atomic E-state index is 12.8. The van der Waals surface area contributed by atoms with Crippen molar-refractivity contribution in [3.63, 3.8) is 0 Å². The largest absolute Gasteiger partial charge is 0.486 e. The number of carboxylic acids is 1. The van der Waals surface area contributed by atoms with Crippen LogP contribution in [0.5, 0.6) is 5.75 Å². The Morgan fingerprint density at radius 2 is 1.80 bits per heavy atom. The van der Waals surface area contributed by atoms with Crippen LogP contribution in [0.25, 0.3) is 5.69 Å². The molecule has 0 saturated heterocycles. The molecule has 1 unspecified atom stereocenters. The molecule has 30 heavy (non-hydrogen) atoms. The molecule has 8 heteroatoms. The number of aromatic nitrogens is 2. The Bertz CT molecular complexity index is 1020. The molecule has 0 amide bonds. The molecule has 1 aromatic heterocycles. The lowest BCUT2D eigenvalue weighted by molar-refractivity contribution is -0.137. The molecule has 1 N–H and O–H groups in total. The lowest BCUT2D eigenvalue weighted by Crippen LogP contribution is -2.09. The normalized spacial score (nSPS) is 15.0. The number of alkyl halides is 3. The molecule has 2 aromatic carbocycles. The van der Waals surface area contributed by atoms with Crippen LogP contribution < -0.4 is 4.74 Å². The number of rotatable bonds is 7. The van der Waals surface area contributed by atoms with Crippen LogP contribution in [0.3, 0.4) is 0 Å². The lowest BCUT2D eigenvalue weighted by Gasteiger charge is -2.20. The predicted molar refractivity (Wildman–Crippen MR) is 103 cm³/mol. The van der Waals surface area contributed by atoms with Gasteiger partial charge in [0.25, 0.3) is 0 Å². The van der Waals surface area contributed by atoms with Crippen molar-refractivity contribution in [1.29, 1.82) is 0 Å². The molecule has 1 saturated carbocycles. The van der Waals surface area contributed by atoms with Crippen LogP contribution in [-0.2, 0) is 6.18 Å². The van der Waals surface area contributed by atoms with Crippen LogP contribution >= 0.6 is 0 Å². The first kappa shape index (κ1) is 20.0. The molecular formula is C22H19F3N2O3. The van der Waals surface area contributed by atoms with Crippen LogP contribution in [0.15, 0.2) is 60.9 Å². The summed E-state index contributed by atoms with van der Waals surface area (Å²) in [4.78, 5) is 11.1. The van der Waals surface area contributed by atoms with Gasteiger partial charge in [0.2, 0.25) is 0 Å². The summed E-state index contributed by atoms with van der Waals surface area (Å²) in [6.45, 7) is 0. The first-order valence-corrected chi connectivity index (χ1v) is 9.52. The molecule has 4 rings (SSSR count). The second-order valence-electron chi connectivity index (χ2n) is 7.38. The topological polar surface area (TPSA) is 64.3 Å². The Morgan fingerprint density at radius 1 is 1.13 bits per heavy atom. The SMILES string of the molecule is O=C(O)c1ccc(C(CC2CC2)Oc2ccc(-n3cc(C(F)(F)F)cn3)cc2)cc1. The maximum Gasteiger partial charge on any atom is 0.419 e. The Kier molecular flexibility index (Phi) is 5.24. The Balaban J connectivity index is 1.50. The molecule has 0 bridgehead atoms. The van der Waals surface area contributed by atoms with Crippen molar-refractivity contribution < 1.29 is 27.8 Å². The van der Waals surface area contributed by atoms with E-state index in [1.54, 1.807) is 48.5 Å². The number of aromatic carboxylic acids is 1. The zero-order chi connectivity index (χ0) is 21.3. The maximum absolute atomic E-state index is 12.8.